The van der Waals surface area contributed by atoms with E-state index in [1.165, 1.54) is 18.9 Å². The lowest BCUT2D eigenvalue weighted by Gasteiger charge is -2.31. The van der Waals surface area contributed by atoms with Gasteiger partial charge in [-0.1, -0.05) is 41.9 Å². The van der Waals surface area contributed by atoms with Gasteiger partial charge in [0.05, 0.1) is 24.0 Å². The molecule has 2 aliphatic heterocycles. The summed E-state index contributed by atoms with van der Waals surface area (Å²) in [4.78, 5) is 34.2. The molecule has 1 aromatic carbocycles. The van der Waals surface area contributed by atoms with Crippen LogP contribution in [0.2, 0.25) is 5.02 Å². The molecule has 194 valence electrons. The Morgan fingerprint density at radius 3 is 2.68 bits per heavy atom. The molecule has 0 saturated carbocycles. The number of likely N-dealkylation sites (tertiary alicyclic amines) is 2. The Morgan fingerprint density at radius 2 is 1.92 bits per heavy atom. The summed E-state index contributed by atoms with van der Waals surface area (Å²) in [5.41, 5.74) is 2.87. The largest absolute Gasteiger partial charge is 0.481 e. The molecule has 5 rings (SSSR count). The molecule has 2 amide bonds. The molecule has 2 aliphatic rings. The number of piperidine rings is 1. The number of amides is 2. The van der Waals surface area contributed by atoms with E-state index in [1.54, 1.807) is 17.0 Å². The first-order valence-corrected chi connectivity index (χ1v) is 13.0. The predicted molar refractivity (Wildman–Crippen MR) is 140 cm³/mol. The van der Waals surface area contributed by atoms with E-state index in [0.29, 0.717) is 53.8 Å². The van der Waals surface area contributed by atoms with Crippen molar-refractivity contribution in [2.75, 3.05) is 33.3 Å². The van der Waals surface area contributed by atoms with Crippen LogP contribution in [0, 0.1) is 5.92 Å². The Labute approximate surface area is 221 Å². The van der Waals surface area contributed by atoms with Crippen LogP contribution in [0.15, 0.2) is 48.7 Å². The van der Waals surface area contributed by atoms with Crippen LogP contribution >= 0.6 is 11.6 Å². The smallest absolute Gasteiger partial charge is 0.274 e. The summed E-state index contributed by atoms with van der Waals surface area (Å²) in [6.07, 6.45) is 3.75. The van der Waals surface area contributed by atoms with Gasteiger partial charge in [0, 0.05) is 56.3 Å². The van der Waals surface area contributed by atoms with Gasteiger partial charge in [0.25, 0.3) is 5.91 Å². The topological polar surface area (TPSA) is 103 Å². The number of nitrogens with zero attached hydrogens (tertiary/aromatic N) is 4. The molecule has 2 aromatic heterocycles. The second kappa shape index (κ2) is 11.3. The molecule has 2 N–H and O–H groups in total. The highest BCUT2D eigenvalue weighted by Gasteiger charge is 2.31. The lowest BCUT2D eigenvalue weighted by molar-refractivity contribution is -0.126. The van der Waals surface area contributed by atoms with Crippen molar-refractivity contribution in [1.29, 1.82) is 0 Å². The van der Waals surface area contributed by atoms with E-state index < -0.39 is 0 Å². The van der Waals surface area contributed by atoms with Crippen LogP contribution in [-0.2, 0) is 11.3 Å². The van der Waals surface area contributed by atoms with Crippen LogP contribution in [-0.4, -0.2) is 76.1 Å². The molecule has 0 aliphatic carbocycles. The average molecular weight is 523 g/mol. The van der Waals surface area contributed by atoms with E-state index in [9.17, 15) is 9.59 Å². The summed E-state index contributed by atoms with van der Waals surface area (Å²) in [7, 11) is 1.53. The number of aromatic nitrogens is 3. The van der Waals surface area contributed by atoms with Gasteiger partial charge in [0.1, 0.15) is 0 Å². The highest BCUT2D eigenvalue weighted by molar-refractivity contribution is 6.33. The quantitative estimate of drug-likeness (QED) is 0.493. The first-order chi connectivity index (χ1) is 18.0. The zero-order chi connectivity index (χ0) is 25.8. The van der Waals surface area contributed by atoms with E-state index in [0.717, 1.165) is 26.1 Å². The van der Waals surface area contributed by atoms with Gasteiger partial charge < -0.3 is 15.0 Å². The molecule has 1 unspecified atom stereocenters. The highest BCUT2D eigenvalue weighted by Crippen LogP contribution is 2.29. The molecular formula is C27H31ClN6O3. The van der Waals surface area contributed by atoms with Gasteiger partial charge >= 0.3 is 0 Å². The first kappa shape index (κ1) is 25.2. The number of H-pyrrole nitrogens is 1. The van der Waals surface area contributed by atoms with Crippen LogP contribution in [0.25, 0.3) is 11.3 Å². The molecule has 0 spiro atoms. The van der Waals surface area contributed by atoms with Gasteiger partial charge in [-0.2, -0.15) is 5.10 Å². The van der Waals surface area contributed by atoms with Crippen LogP contribution in [0.5, 0.6) is 5.88 Å². The standard InChI is InChI=1S/C27H31ClN6O3/c1-37-25-13-21(22(28)15-29-25)23-14-24(32-31-23)27(36)34-11-7-19(8-12-34)26(35)30-20-9-10-33(17-20)16-18-5-3-2-4-6-18/h2-6,13-15,19-20H,7-12,16-17H2,1H3,(H,30,35)(H,31,32). The minimum Gasteiger partial charge on any atom is -0.481 e. The summed E-state index contributed by atoms with van der Waals surface area (Å²) in [5, 5.41) is 10.8. The average Bonchev–Trinajstić information content (AvgIpc) is 3.59. The van der Waals surface area contributed by atoms with Gasteiger partial charge in [0.2, 0.25) is 11.8 Å². The second-order valence-electron chi connectivity index (χ2n) is 9.65. The third-order valence-corrected chi connectivity index (χ3v) is 7.45. The summed E-state index contributed by atoms with van der Waals surface area (Å²) < 4.78 is 5.17. The SMILES string of the molecule is COc1cc(-c2cc(C(=O)N3CCC(C(=O)NC4CCN(Cc5ccccc5)C4)CC3)n[nH]2)c(Cl)cn1. The number of nitrogens with one attached hydrogen (secondary N) is 2. The Balaban J connectivity index is 1.11. The number of methoxy groups -OCH3 is 1. The molecule has 9 nitrogen and oxygen atoms in total. The van der Waals surface area contributed by atoms with Crippen molar-refractivity contribution in [2.24, 2.45) is 5.92 Å². The lowest BCUT2D eigenvalue weighted by Crippen LogP contribution is -2.46. The second-order valence-corrected chi connectivity index (χ2v) is 10.1. The summed E-state index contributed by atoms with van der Waals surface area (Å²) in [6, 6.07) is 14.0. The molecule has 37 heavy (non-hydrogen) atoms. The summed E-state index contributed by atoms with van der Waals surface area (Å²) in [6.45, 7) is 3.80. The molecule has 2 fully saturated rings. The van der Waals surface area contributed by atoms with E-state index in [-0.39, 0.29) is 23.8 Å². The number of rotatable bonds is 7. The maximum Gasteiger partial charge on any atom is 0.274 e. The van der Waals surface area contributed by atoms with E-state index in [4.69, 9.17) is 16.3 Å². The van der Waals surface area contributed by atoms with E-state index in [2.05, 4.69) is 49.7 Å². The molecule has 2 saturated heterocycles. The number of halogens is 1. The fourth-order valence-electron chi connectivity index (χ4n) is 5.07. The maximum atomic E-state index is 13.1. The predicted octanol–water partition coefficient (Wildman–Crippen LogP) is 3.38. The molecule has 10 heteroatoms. The van der Waals surface area contributed by atoms with Crippen molar-refractivity contribution < 1.29 is 14.3 Å². The van der Waals surface area contributed by atoms with Gasteiger partial charge in [-0.25, -0.2) is 4.98 Å². The number of aromatic amines is 1. The van der Waals surface area contributed by atoms with Crippen molar-refractivity contribution in [2.45, 2.75) is 31.8 Å². The Bertz CT molecular complexity index is 1240. The van der Waals surface area contributed by atoms with Gasteiger partial charge in [-0.3, -0.25) is 19.6 Å². The van der Waals surface area contributed by atoms with Crippen molar-refractivity contribution in [3.63, 3.8) is 0 Å². The van der Waals surface area contributed by atoms with Crippen molar-refractivity contribution in [1.82, 2.24) is 30.3 Å². The van der Waals surface area contributed by atoms with E-state index in [1.807, 2.05) is 6.07 Å². The maximum absolute atomic E-state index is 13.1. The minimum atomic E-state index is -0.161. The first-order valence-electron chi connectivity index (χ1n) is 12.6. The van der Waals surface area contributed by atoms with Crippen molar-refractivity contribution in [3.05, 3.63) is 64.9 Å². The summed E-state index contributed by atoms with van der Waals surface area (Å²) >= 11 is 6.27. The van der Waals surface area contributed by atoms with Crippen LogP contribution in [0.1, 0.15) is 35.3 Å². The molecule has 1 atom stereocenters. The third kappa shape index (κ3) is 5.94. The van der Waals surface area contributed by atoms with Gasteiger partial charge in [0.15, 0.2) is 5.69 Å². The summed E-state index contributed by atoms with van der Waals surface area (Å²) in [5.74, 6) is 0.279. The molecule has 3 aromatic rings. The van der Waals surface area contributed by atoms with Crippen molar-refractivity contribution >= 4 is 23.4 Å². The van der Waals surface area contributed by atoms with Gasteiger partial charge in [-0.05, 0) is 30.9 Å². The number of carbonyl (C=O) groups is 2. The number of hydrogen-bond donors (Lipinski definition) is 2. The lowest BCUT2D eigenvalue weighted by atomic mass is 9.95. The Hall–Kier alpha value is -3.43. The van der Waals surface area contributed by atoms with Gasteiger partial charge in [-0.15, -0.1) is 0 Å². The highest BCUT2D eigenvalue weighted by atomic mass is 35.5. The molecule has 0 bridgehead atoms. The van der Waals surface area contributed by atoms with Crippen LogP contribution in [0.4, 0.5) is 0 Å². The Kier molecular flexibility index (Phi) is 7.71. The number of hydrogen-bond acceptors (Lipinski definition) is 6. The van der Waals surface area contributed by atoms with Crippen molar-refractivity contribution in [3.8, 4) is 17.1 Å². The zero-order valence-corrected chi connectivity index (χ0v) is 21.6. The third-order valence-electron chi connectivity index (χ3n) is 7.15. The molecular weight excluding hydrogens is 492 g/mol. The number of pyridine rings is 1. The molecule has 4 heterocycles. The van der Waals surface area contributed by atoms with Crippen LogP contribution in [0.3, 0.4) is 0 Å². The fourth-order valence-corrected chi connectivity index (χ4v) is 5.27. The fraction of sp³-hybridized carbons (Fsp3) is 0.407. The van der Waals surface area contributed by atoms with E-state index >= 15 is 0 Å². The monoisotopic (exact) mass is 522 g/mol. The normalized spacial score (nSPS) is 18.6. The number of ether oxygens (including phenoxy) is 1. The number of benzene rings is 1. The zero-order valence-electron chi connectivity index (χ0n) is 20.8. The minimum absolute atomic E-state index is 0.0786. The number of carbonyl (C=O) groups excluding carboxylic acids is 2. The Morgan fingerprint density at radius 1 is 1.14 bits per heavy atom. The molecule has 0 radical (unpaired) electrons. The van der Waals surface area contributed by atoms with Crippen LogP contribution < -0.4 is 10.1 Å².